The van der Waals surface area contributed by atoms with Crippen molar-refractivity contribution in [1.29, 1.82) is 5.26 Å². The third-order valence-corrected chi connectivity index (χ3v) is 5.47. The summed E-state index contributed by atoms with van der Waals surface area (Å²) in [6.07, 6.45) is 1.36. The summed E-state index contributed by atoms with van der Waals surface area (Å²) < 4.78 is 40.2. The van der Waals surface area contributed by atoms with Gasteiger partial charge in [-0.05, 0) is 37.1 Å². The molecule has 0 bridgehead atoms. The summed E-state index contributed by atoms with van der Waals surface area (Å²) in [6, 6.07) is 3.88. The highest BCUT2D eigenvalue weighted by atomic mass is 19.4. The van der Waals surface area contributed by atoms with E-state index in [1.165, 1.54) is 21.9 Å². The number of hydrogen-bond acceptors (Lipinski definition) is 4. The molecule has 0 radical (unpaired) electrons. The molecule has 2 amide bonds. The third kappa shape index (κ3) is 4.27. The van der Waals surface area contributed by atoms with Gasteiger partial charge in [0, 0.05) is 26.0 Å². The first-order valence-electron chi connectivity index (χ1n) is 9.72. The Morgan fingerprint density at radius 2 is 1.93 bits per heavy atom. The van der Waals surface area contributed by atoms with Gasteiger partial charge in [0.1, 0.15) is 0 Å². The average Bonchev–Trinajstić information content (AvgIpc) is 2.97. The molecular formula is C21H23F3N4O2. The number of carbonyl (C=O) groups is 2. The Hall–Kier alpha value is -3.02. The first kappa shape index (κ1) is 21.7. The predicted octanol–water partition coefficient (Wildman–Crippen LogP) is 3.77. The molecule has 3 rings (SSSR count). The topological polar surface area (TPSA) is 67.7 Å². The van der Waals surface area contributed by atoms with Crippen molar-refractivity contribution in [3.8, 4) is 6.07 Å². The van der Waals surface area contributed by atoms with Gasteiger partial charge in [0.25, 0.3) is 0 Å². The SMILES string of the molecule is CN(C)/C=C/C(=O)CN1C(=O)N(c2ccc(C#N)c(C(F)(F)F)c2)C2CCCCC21. The third-order valence-electron chi connectivity index (χ3n) is 5.47. The van der Waals surface area contributed by atoms with Crippen molar-refractivity contribution in [3.05, 3.63) is 41.6 Å². The van der Waals surface area contributed by atoms with Gasteiger partial charge in [-0.1, -0.05) is 12.8 Å². The van der Waals surface area contributed by atoms with Crippen molar-refractivity contribution >= 4 is 17.5 Å². The number of nitriles is 1. The van der Waals surface area contributed by atoms with Crippen molar-refractivity contribution in [2.24, 2.45) is 0 Å². The Morgan fingerprint density at radius 1 is 1.27 bits per heavy atom. The lowest BCUT2D eigenvalue weighted by Gasteiger charge is -2.31. The number of benzene rings is 1. The monoisotopic (exact) mass is 420 g/mol. The van der Waals surface area contributed by atoms with Crippen molar-refractivity contribution in [3.63, 3.8) is 0 Å². The smallest absolute Gasteiger partial charge is 0.383 e. The van der Waals surface area contributed by atoms with Crippen LogP contribution in [0.1, 0.15) is 36.8 Å². The van der Waals surface area contributed by atoms with Crippen molar-refractivity contribution in [1.82, 2.24) is 9.80 Å². The summed E-state index contributed by atoms with van der Waals surface area (Å²) in [5.74, 6) is -0.251. The number of amides is 2. The Bertz CT molecular complexity index is 904. The van der Waals surface area contributed by atoms with Gasteiger partial charge in [-0.25, -0.2) is 4.79 Å². The second kappa shape index (κ2) is 8.38. The number of nitrogens with zero attached hydrogens (tertiary/aromatic N) is 4. The summed E-state index contributed by atoms with van der Waals surface area (Å²) in [7, 11) is 3.54. The Labute approximate surface area is 173 Å². The number of alkyl halides is 3. The number of hydrogen-bond donors (Lipinski definition) is 0. The van der Waals surface area contributed by atoms with Crippen LogP contribution in [0.4, 0.5) is 23.7 Å². The van der Waals surface area contributed by atoms with E-state index in [0.29, 0.717) is 12.8 Å². The highest BCUT2D eigenvalue weighted by molar-refractivity contribution is 6.00. The van der Waals surface area contributed by atoms with Crippen molar-refractivity contribution in [2.45, 2.75) is 43.9 Å². The fourth-order valence-corrected chi connectivity index (χ4v) is 4.13. The zero-order valence-corrected chi connectivity index (χ0v) is 16.8. The average molecular weight is 420 g/mol. The van der Waals surface area contributed by atoms with E-state index in [-0.39, 0.29) is 30.1 Å². The van der Waals surface area contributed by atoms with Crippen LogP contribution in [0.2, 0.25) is 0 Å². The van der Waals surface area contributed by atoms with Gasteiger partial charge in [0.05, 0.1) is 35.8 Å². The lowest BCUT2D eigenvalue weighted by Crippen LogP contribution is -2.41. The summed E-state index contributed by atoms with van der Waals surface area (Å²) >= 11 is 0. The minimum absolute atomic E-state index is 0.0991. The molecule has 1 aliphatic heterocycles. The van der Waals surface area contributed by atoms with E-state index in [2.05, 4.69) is 0 Å². The fraction of sp³-hybridized carbons (Fsp3) is 0.476. The van der Waals surface area contributed by atoms with Crippen LogP contribution in [0.25, 0.3) is 0 Å². The first-order valence-corrected chi connectivity index (χ1v) is 9.72. The van der Waals surface area contributed by atoms with Crippen LogP contribution >= 0.6 is 0 Å². The second-order valence-electron chi connectivity index (χ2n) is 7.78. The molecule has 1 aromatic rings. The molecule has 1 aromatic carbocycles. The number of fused-ring (bicyclic) bond motifs is 1. The molecule has 1 aliphatic carbocycles. The highest BCUT2D eigenvalue weighted by Gasteiger charge is 2.48. The van der Waals surface area contributed by atoms with Gasteiger partial charge in [0.15, 0.2) is 5.78 Å². The summed E-state index contributed by atoms with van der Waals surface area (Å²) in [4.78, 5) is 30.0. The molecule has 30 heavy (non-hydrogen) atoms. The molecule has 1 heterocycles. The van der Waals surface area contributed by atoms with Gasteiger partial charge in [-0.15, -0.1) is 0 Å². The van der Waals surface area contributed by atoms with Crippen molar-refractivity contribution in [2.75, 3.05) is 25.5 Å². The maximum absolute atomic E-state index is 13.4. The Morgan fingerprint density at radius 3 is 2.53 bits per heavy atom. The molecule has 2 unspecified atom stereocenters. The van der Waals surface area contributed by atoms with Crippen LogP contribution in [0.3, 0.4) is 0 Å². The Kier molecular flexibility index (Phi) is 6.06. The van der Waals surface area contributed by atoms with E-state index in [9.17, 15) is 22.8 Å². The van der Waals surface area contributed by atoms with Crippen LogP contribution in [0, 0.1) is 11.3 Å². The van der Waals surface area contributed by atoms with Gasteiger partial charge < -0.3 is 9.80 Å². The number of anilines is 1. The van der Waals surface area contributed by atoms with Gasteiger partial charge >= 0.3 is 12.2 Å². The molecule has 0 spiro atoms. The molecule has 2 aliphatic rings. The van der Waals surface area contributed by atoms with Crippen LogP contribution in [0.5, 0.6) is 0 Å². The van der Waals surface area contributed by atoms with Crippen LogP contribution in [0.15, 0.2) is 30.5 Å². The number of halogens is 3. The summed E-state index contributed by atoms with van der Waals surface area (Å²) in [5, 5.41) is 9.02. The van der Waals surface area contributed by atoms with E-state index < -0.39 is 23.3 Å². The molecule has 2 atom stereocenters. The normalized spacial score (nSPS) is 21.7. The number of urea groups is 1. The zero-order chi connectivity index (χ0) is 22.1. The standard InChI is InChI=1S/C21H23F3N4O2/c1-26(2)10-9-16(29)13-27-18-5-3-4-6-19(18)28(20(27)30)15-8-7-14(12-25)17(11-15)21(22,23)24/h7-11,18-19H,3-6,13H2,1-2H3/b10-9+. The quantitative estimate of drug-likeness (QED) is 0.680. The summed E-state index contributed by atoms with van der Waals surface area (Å²) in [6.45, 7) is -0.122. The largest absolute Gasteiger partial charge is 0.417 e. The van der Waals surface area contributed by atoms with Crippen LogP contribution in [-0.2, 0) is 11.0 Å². The minimum atomic E-state index is -4.71. The molecule has 9 heteroatoms. The molecule has 1 saturated heterocycles. The molecule has 2 fully saturated rings. The first-order chi connectivity index (χ1) is 14.1. The zero-order valence-electron chi connectivity index (χ0n) is 16.8. The van der Waals surface area contributed by atoms with Crippen LogP contribution in [-0.4, -0.2) is 54.3 Å². The van der Waals surface area contributed by atoms with Crippen LogP contribution < -0.4 is 4.90 Å². The molecule has 1 saturated carbocycles. The van der Waals surface area contributed by atoms with E-state index in [0.717, 1.165) is 25.0 Å². The Balaban J connectivity index is 1.95. The highest BCUT2D eigenvalue weighted by Crippen LogP contribution is 2.40. The predicted molar refractivity (Wildman–Crippen MR) is 105 cm³/mol. The van der Waals surface area contributed by atoms with Gasteiger partial charge in [-0.2, -0.15) is 18.4 Å². The maximum Gasteiger partial charge on any atom is 0.417 e. The molecule has 0 N–H and O–H groups in total. The van der Waals surface area contributed by atoms with Crippen molar-refractivity contribution < 1.29 is 22.8 Å². The summed E-state index contributed by atoms with van der Waals surface area (Å²) in [5.41, 5.74) is -1.45. The van der Waals surface area contributed by atoms with E-state index in [4.69, 9.17) is 5.26 Å². The lowest BCUT2D eigenvalue weighted by atomic mass is 9.89. The number of ketones is 1. The molecule has 6 nitrogen and oxygen atoms in total. The van der Waals surface area contributed by atoms with E-state index in [1.807, 2.05) is 0 Å². The number of carbonyl (C=O) groups excluding carboxylic acids is 2. The van der Waals surface area contributed by atoms with E-state index >= 15 is 0 Å². The molecule has 160 valence electrons. The lowest BCUT2D eigenvalue weighted by molar-refractivity contribution is -0.137. The minimum Gasteiger partial charge on any atom is -0.383 e. The fourth-order valence-electron chi connectivity index (χ4n) is 4.13. The molecule has 0 aromatic heterocycles. The second-order valence-corrected chi connectivity index (χ2v) is 7.78. The number of rotatable bonds is 5. The van der Waals surface area contributed by atoms with Gasteiger partial charge in [0.2, 0.25) is 0 Å². The molecular weight excluding hydrogens is 397 g/mol. The van der Waals surface area contributed by atoms with Gasteiger partial charge in [-0.3, -0.25) is 9.69 Å². The maximum atomic E-state index is 13.4. The van der Waals surface area contributed by atoms with E-state index in [1.54, 1.807) is 31.3 Å².